The van der Waals surface area contributed by atoms with Gasteiger partial charge < -0.3 is 4.74 Å². The predicted octanol–water partition coefficient (Wildman–Crippen LogP) is 3.04. The van der Waals surface area contributed by atoms with Gasteiger partial charge in [-0.05, 0) is 42.7 Å². The third-order valence-electron chi connectivity index (χ3n) is 6.33. The Morgan fingerprint density at radius 1 is 1.11 bits per heavy atom. The number of carbonyl (C=O) groups excluding carboxylic acids is 4. The number of nitro benzene ring substituents is 1. The molecule has 35 heavy (non-hydrogen) atoms. The number of nitro groups is 1. The molecule has 0 bridgehead atoms. The first-order chi connectivity index (χ1) is 16.7. The van der Waals surface area contributed by atoms with Crippen LogP contribution in [0.15, 0.2) is 60.7 Å². The van der Waals surface area contributed by atoms with Crippen LogP contribution in [0.5, 0.6) is 5.75 Å². The number of rotatable bonds is 7. The zero-order valence-electron chi connectivity index (χ0n) is 19.1. The fourth-order valence-corrected chi connectivity index (χ4v) is 4.51. The quantitative estimate of drug-likeness (QED) is 0.197. The highest BCUT2D eigenvalue weighted by atomic mass is 16.6. The molecule has 0 N–H and O–H groups in total. The Morgan fingerprint density at radius 2 is 1.83 bits per heavy atom. The summed E-state index contributed by atoms with van der Waals surface area (Å²) in [5.74, 6) is -3.51. The minimum absolute atomic E-state index is 0.122. The molecule has 1 aliphatic heterocycles. The maximum absolute atomic E-state index is 13.5. The van der Waals surface area contributed by atoms with Crippen molar-refractivity contribution in [1.82, 2.24) is 10.0 Å². The Kier molecular flexibility index (Phi) is 6.46. The summed E-state index contributed by atoms with van der Waals surface area (Å²) in [4.78, 5) is 63.8. The van der Waals surface area contributed by atoms with E-state index in [-0.39, 0.29) is 22.7 Å². The number of allylic oxidation sites excluding steroid dienone is 2. The van der Waals surface area contributed by atoms with E-state index in [4.69, 9.17) is 4.74 Å². The molecule has 1 heterocycles. The van der Waals surface area contributed by atoms with Gasteiger partial charge in [0.05, 0.1) is 23.9 Å². The van der Waals surface area contributed by atoms with E-state index in [1.54, 1.807) is 12.1 Å². The molecule has 0 aromatic heterocycles. The number of benzene rings is 2. The smallest absolute Gasteiger partial charge is 0.273 e. The van der Waals surface area contributed by atoms with E-state index < -0.39 is 46.8 Å². The van der Waals surface area contributed by atoms with Gasteiger partial charge in [0, 0.05) is 23.3 Å². The molecule has 2 aromatic rings. The highest BCUT2D eigenvalue weighted by Gasteiger charge is 2.53. The van der Waals surface area contributed by atoms with Crippen LogP contribution in [0.2, 0.25) is 0 Å². The third kappa shape index (κ3) is 4.42. The summed E-state index contributed by atoms with van der Waals surface area (Å²) in [5.41, 5.74) is -0.208. The first-order valence-electron chi connectivity index (χ1n) is 11.0. The molecule has 0 unspecified atom stereocenters. The minimum atomic E-state index is -0.864. The number of amides is 3. The first-order valence-corrected chi connectivity index (χ1v) is 11.0. The number of ketones is 1. The Balaban J connectivity index is 1.71. The molecule has 0 saturated carbocycles. The number of fused-ring (bicyclic) bond motifs is 1. The molecule has 10 heteroatoms. The second-order valence-electron chi connectivity index (χ2n) is 8.47. The average molecular weight is 477 g/mol. The molecule has 0 radical (unpaired) electrons. The van der Waals surface area contributed by atoms with E-state index in [1.807, 2.05) is 19.1 Å². The molecule has 1 saturated heterocycles. The Labute approximate surface area is 200 Å². The third-order valence-corrected chi connectivity index (χ3v) is 6.33. The standard InChI is InChI=1S/C25H23N3O7/c1-15-5-3-8-20-22(15)25(32)27(24(20)31)26(14-21(29)16-9-11-19(35-2)12-10-16)23(30)17-6-4-7-18(13-17)28(33)34/h3-7,9-13,15,20,22H,8,14H2,1-2H3/t15-,20-,22+/m1/s1. The van der Waals surface area contributed by atoms with Crippen molar-refractivity contribution in [3.05, 3.63) is 81.9 Å². The number of hydrogen-bond donors (Lipinski definition) is 0. The maximum Gasteiger partial charge on any atom is 0.273 e. The topological polar surface area (TPSA) is 127 Å². The van der Waals surface area contributed by atoms with Crippen molar-refractivity contribution in [2.75, 3.05) is 13.7 Å². The monoisotopic (exact) mass is 477 g/mol. The summed E-state index contributed by atoms with van der Waals surface area (Å²) in [5, 5.41) is 12.8. The van der Waals surface area contributed by atoms with Crippen LogP contribution < -0.4 is 4.74 Å². The van der Waals surface area contributed by atoms with Gasteiger partial charge in [-0.1, -0.05) is 25.1 Å². The lowest BCUT2D eigenvalue weighted by atomic mass is 9.78. The SMILES string of the molecule is COc1ccc(C(=O)CN(C(=O)c2cccc([N+](=O)[O-])c2)N2C(=O)[C@H]3[C@H](C)C=CC[C@H]3C2=O)cc1. The first kappa shape index (κ1) is 23.8. The zero-order valence-corrected chi connectivity index (χ0v) is 19.1. The average Bonchev–Trinajstić information content (AvgIpc) is 3.12. The number of Topliss-reactive ketones (excluding diaryl/α,β-unsaturated/α-hetero) is 1. The molecule has 2 aromatic carbocycles. The van der Waals surface area contributed by atoms with Gasteiger partial charge in [-0.15, -0.1) is 0 Å². The number of imide groups is 1. The van der Waals surface area contributed by atoms with Crippen molar-refractivity contribution in [2.24, 2.45) is 17.8 Å². The van der Waals surface area contributed by atoms with Crippen molar-refractivity contribution in [3.63, 3.8) is 0 Å². The van der Waals surface area contributed by atoms with Crippen molar-refractivity contribution in [1.29, 1.82) is 0 Å². The van der Waals surface area contributed by atoms with Crippen LogP contribution in [0.1, 0.15) is 34.1 Å². The Hall–Kier alpha value is -4.34. The molecular weight excluding hydrogens is 454 g/mol. The van der Waals surface area contributed by atoms with Crippen molar-refractivity contribution >= 4 is 29.2 Å². The van der Waals surface area contributed by atoms with E-state index in [0.29, 0.717) is 12.2 Å². The number of non-ortho nitro benzene ring substituents is 1. The summed E-state index contributed by atoms with van der Waals surface area (Å²) >= 11 is 0. The van der Waals surface area contributed by atoms with Crippen LogP contribution in [0.25, 0.3) is 0 Å². The molecular formula is C25H23N3O7. The second-order valence-corrected chi connectivity index (χ2v) is 8.47. The van der Waals surface area contributed by atoms with Gasteiger partial charge in [-0.2, -0.15) is 5.01 Å². The van der Waals surface area contributed by atoms with Gasteiger partial charge in [-0.25, -0.2) is 5.01 Å². The van der Waals surface area contributed by atoms with Crippen LogP contribution in [0.3, 0.4) is 0 Å². The van der Waals surface area contributed by atoms with Crippen LogP contribution in [0, 0.1) is 27.9 Å². The van der Waals surface area contributed by atoms with Gasteiger partial charge >= 0.3 is 0 Å². The lowest BCUT2D eigenvalue weighted by molar-refractivity contribution is -0.384. The molecule has 1 fully saturated rings. The molecule has 3 atom stereocenters. The van der Waals surface area contributed by atoms with Crippen LogP contribution >= 0.6 is 0 Å². The van der Waals surface area contributed by atoms with Crippen LogP contribution in [-0.4, -0.2) is 52.1 Å². The van der Waals surface area contributed by atoms with Gasteiger partial charge in [0.25, 0.3) is 23.4 Å². The van der Waals surface area contributed by atoms with Crippen molar-refractivity contribution in [3.8, 4) is 5.75 Å². The lowest BCUT2D eigenvalue weighted by Crippen LogP contribution is -2.52. The molecule has 4 rings (SSSR count). The summed E-state index contributed by atoms with van der Waals surface area (Å²) in [7, 11) is 1.48. The van der Waals surface area contributed by atoms with E-state index in [9.17, 15) is 29.3 Å². The normalized spacial score (nSPS) is 21.0. The molecule has 10 nitrogen and oxygen atoms in total. The summed E-state index contributed by atoms with van der Waals surface area (Å²) in [6, 6.07) is 11.1. The number of carbonyl (C=O) groups is 4. The number of nitrogens with zero attached hydrogens (tertiary/aromatic N) is 3. The lowest BCUT2D eigenvalue weighted by Gasteiger charge is -2.30. The van der Waals surface area contributed by atoms with Crippen LogP contribution in [-0.2, 0) is 9.59 Å². The number of hydrogen-bond acceptors (Lipinski definition) is 7. The van der Waals surface area contributed by atoms with Gasteiger partial charge in [-0.3, -0.25) is 29.3 Å². The van der Waals surface area contributed by atoms with Gasteiger partial charge in [0.1, 0.15) is 12.3 Å². The second kappa shape index (κ2) is 9.49. The molecule has 2 aliphatic rings. The Bertz CT molecular complexity index is 1240. The fourth-order valence-electron chi connectivity index (χ4n) is 4.51. The highest BCUT2D eigenvalue weighted by molar-refractivity contribution is 6.10. The van der Waals surface area contributed by atoms with E-state index in [1.165, 1.54) is 37.4 Å². The van der Waals surface area contributed by atoms with E-state index in [2.05, 4.69) is 0 Å². The Morgan fingerprint density at radius 3 is 2.46 bits per heavy atom. The van der Waals surface area contributed by atoms with E-state index >= 15 is 0 Å². The van der Waals surface area contributed by atoms with Crippen molar-refractivity contribution < 1.29 is 28.8 Å². The zero-order chi connectivity index (χ0) is 25.3. The predicted molar refractivity (Wildman–Crippen MR) is 123 cm³/mol. The van der Waals surface area contributed by atoms with Crippen LogP contribution in [0.4, 0.5) is 5.69 Å². The highest BCUT2D eigenvalue weighted by Crippen LogP contribution is 2.39. The summed E-state index contributed by atoms with van der Waals surface area (Å²) in [6.07, 6.45) is 4.03. The number of ether oxygens (including phenoxy) is 1. The van der Waals surface area contributed by atoms with E-state index in [0.717, 1.165) is 16.1 Å². The van der Waals surface area contributed by atoms with Crippen molar-refractivity contribution in [2.45, 2.75) is 13.3 Å². The molecule has 1 aliphatic carbocycles. The minimum Gasteiger partial charge on any atom is -0.497 e. The fraction of sp³-hybridized carbons (Fsp3) is 0.280. The maximum atomic E-state index is 13.5. The number of methoxy groups -OCH3 is 1. The molecule has 3 amide bonds. The van der Waals surface area contributed by atoms with Gasteiger partial charge in [0.15, 0.2) is 5.78 Å². The molecule has 0 spiro atoms. The summed E-state index contributed by atoms with van der Waals surface area (Å²) < 4.78 is 5.10. The summed E-state index contributed by atoms with van der Waals surface area (Å²) in [6.45, 7) is 1.21. The van der Waals surface area contributed by atoms with Gasteiger partial charge in [0.2, 0.25) is 0 Å². The number of hydrazine groups is 1. The largest absolute Gasteiger partial charge is 0.497 e. The molecule has 180 valence electrons.